The van der Waals surface area contributed by atoms with Crippen LogP contribution >= 0.6 is 11.6 Å². The second-order valence-corrected chi connectivity index (χ2v) is 4.58. The zero-order valence-electron chi connectivity index (χ0n) is 11.0. The van der Waals surface area contributed by atoms with E-state index in [-0.39, 0.29) is 12.1 Å². The third-order valence-electron chi connectivity index (χ3n) is 3.06. The van der Waals surface area contributed by atoms with Crippen LogP contribution in [0.5, 0.6) is 0 Å². The van der Waals surface area contributed by atoms with Gasteiger partial charge in [0.25, 0.3) is 0 Å². The number of aromatic nitrogens is 2. The van der Waals surface area contributed by atoms with Gasteiger partial charge >= 0.3 is 0 Å². The predicted octanol–water partition coefficient (Wildman–Crippen LogP) is 2.24. The highest BCUT2D eigenvalue weighted by Gasteiger charge is 2.25. The number of halogens is 1. The molecule has 2 N–H and O–H groups in total. The van der Waals surface area contributed by atoms with E-state index in [1.165, 1.54) is 0 Å². The van der Waals surface area contributed by atoms with Crippen molar-refractivity contribution in [3.63, 3.8) is 0 Å². The third kappa shape index (κ3) is 3.80. The minimum absolute atomic E-state index is 0.0429. The highest BCUT2D eigenvalue weighted by atomic mass is 35.5. The van der Waals surface area contributed by atoms with Gasteiger partial charge in [-0.3, -0.25) is 0 Å². The van der Waals surface area contributed by atoms with Crippen LogP contribution in [0.3, 0.4) is 0 Å². The van der Waals surface area contributed by atoms with E-state index in [9.17, 15) is 5.11 Å². The second kappa shape index (κ2) is 6.87. The molecular formula is C12H20ClN3O2. The first-order valence-corrected chi connectivity index (χ1v) is 6.38. The van der Waals surface area contributed by atoms with Gasteiger partial charge in [0, 0.05) is 13.2 Å². The molecule has 0 spiro atoms. The molecule has 1 aromatic rings. The van der Waals surface area contributed by atoms with Crippen LogP contribution in [0.2, 0.25) is 5.15 Å². The molecule has 0 saturated carbocycles. The van der Waals surface area contributed by atoms with Gasteiger partial charge in [-0.05, 0) is 12.8 Å². The van der Waals surface area contributed by atoms with Crippen LogP contribution in [0.4, 0.5) is 5.82 Å². The number of hydrogen-bond acceptors (Lipinski definition) is 5. The molecule has 0 fully saturated rings. The summed E-state index contributed by atoms with van der Waals surface area (Å²) in [5, 5.41) is 13.1. The Morgan fingerprint density at radius 3 is 2.56 bits per heavy atom. The Morgan fingerprint density at radius 2 is 2.06 bits per heavy atom. The van der Waals surface area contributed by atoms with Gasteiger partial charge in [-0.2, -0.15) is 0 Å². The molecule has 0 aliphatic carbocycles. The summed E-state index contributed by atoms with van der Waals surface area (Å²) in [6.45, 7) is 4.39. The summed E-state index contributed by atoms with van der Waals surface area (Å²) in [5.41, 5.74) is -0.373. The van der Waals surface area contributed by atoms with Crippen molar-refractivity contribution in [2.24, 2.45) is 0 Å². The van der Waals surface area contributed by atoms with Crippen molar-refractivity contribution in [2.45, 2.75) is 38.8 Å². The zero-order valence-corrected chi connectivity index (χ0v) is 11.8. The summed E-state index contributed by atoms with van der Waals surface area (Å²) in [6.07, 6.45) is 1.59. The first-order chi connectivity index (χ1) is 8.59. The summed E-state index contributed by atoms with van der Waals surface area (Å²) in [5.74, 6) is 1.13. The van der Waals surface area contributed by atoms with Crippen molar-refractivity contribution in [3.05, 3.63) is 17.0 Å². The monoisotopic (exact) mass is 273 g/mol. The molecule has 18 heavy (non-hydrogen) atoms. The van der Waals surface area contributed by atoms with Gasteiger partial charge < -0.3 is 15.2 Å². The molecule has 0 saturated heterocycles. The molecular weight excluding hydrogens is 254 g/mol. The lowest BCUT2D eigenvalue weighted by molar-refractivity contribution is 0.177. The van der Waals surface area contributed by atoms with Gasteiger partial charge in [-0.15, -0.1) is 0 Å². The van der Waals surface area contributed by atoms with Crippen LogP contribution in [0.15, 0.2) is 6.07 Å². The van der Waals surface area contributed by atoms with Gasteiger partial charge in [0.05, 0.1) is 12.1 Å². The maximum absolute atomic E-state index is 9.52. The van der Waals surface area contributed by atoms with E-state index >= 15 is 0 Å². The number of nitrogens with zero attached hydrogens (tertiary/aromatic N) is 2. The fourth-order valence-electron chi connectivity index (χ4n) is 1.68. The van der Waals surface area contributed by atoms with Gasteiger partial charge in [-0.1, -0.05) is 25.4 Å². The molecule has 102 valence electrons. The largest absolute Gasteiger partial charge is 0.394 e. The molecule has 0 radical (unpaired) electrons. The number of aliphatic hydroxyl groups is 1. The lowest BCUT2D eigenvalue weighted by atomic mass is 9.94. The fourth-order valence-corrected chi connectivity index (χ4v) is 1.88. The number of hydrogen-bond donors (Lipinski definition) is 2. The van der Waals surface area contributed by atoms with Crippen LogP contribution in [0, 0.1) is 0 Å². The molecule has 6 heteroatoms. The van der Waals surface area contributed by atoms with Gasteiger partial charge in [0.2, 0.25) is 0 Å². The van der Waals surface area contributed by atoms with Crippen molar-refractivity contribution in [3.8, 4) is 0 Å². The molecule has 1 rings (SSSR count). The minimum atomic E-state index is -0.373. The normalized spacial score (nSPS) is 11.6. The van der Waals surface area contributed by atoms with Crippen molar-refractivity contribution < 1.29 is 9.84 Å². The highest BCUT2D eigenvalue weighted by molar-refractivity contribution is 6.29. The van der Waals surface area contributed by atoms with Crippen molar-refractivity contribution in [1.29, 1.82) is 0 Å². The third-order valence-corrected chi connectivity index (χ3v) is 3.26. The Labute approximate surface area is 113 Å². The number of anilines is 1. The standard InChI is InChI=1S/C12H20ClN3O2/c1-4-12(5-2,8-17)16-10-6-9(13)14-11(15-10)7-18-3/h6,17H,4-5,7-8H2,1-3H3,(H,14,15,16). The molecule has 0 bridgehead atoms. The summed E-state index contributed by atoms with van der Waals surface area (Å²) in [7, 11) is 1.58. The maximum Gasteiger partial charge on any atom is 0.158 e. The number of nitrogens with one attached hydrogen (secondary N) is 1. The molecule has 0 amide bonds. The van der Waals surface area contributed by atoms with Crippen LogP contribution in [0.25, 0.3) is 0 Å². The average Bonchev–Trinajstić information content (AvgIpc) is 2.36. The molecule has 0 aliphatic rings. The highest BCUT2D eigenvalue weighted by Crippen LogP contribution is 2.22. The topological polar surface area (TPSA) is 67.3 Å². The maximum atomic E-state index is 9.52. The van der Waals surface area contributed by atoms with Gasteiger partial charge in [-0.25, -0.2) is 9.97 Å². The van der Waals surface area contributed by atoms with E-state index in [0.717, 1.165) is 12.8 Å². The first kappa shape index (κ1) is 15.1. The molecule has 0 atom stereocenters. The lowest BCUT2D eigenvalue weighted by Gasteiger charge is -2.31. The quantitative estimate of drug-likeness (QED) is 0.746. The number of rotatable bonds is 7. The minimum Gasteiger partial charge on any atom is -0.394 e. The zero-order chi connectivity index (χ0) is 13.6. The fraction of sp³-hybridized carbons (Fsp3) is 0.667. The van der Waals surface area contributed by atoms with Crippen molar-refractivity contribution in [1.82, 2.24) is 9.97 Å². The Kier molecular flexibility index (Phi) is 5.78. The van der Waals surface area contributed by atoms with E-state index in [4.69, 9.17) is 16.3 Å². The Balaban J connectivity index is 2.95. The smallest absolute Gasteiger partial charge is 0.158 e. The number of ether oxygens (including phenoxy) is 1. The van der Waals surface area contributed by atoms with E-state index in [1.807, 2.05) is 13.8 Å². The van der Waals surface area contributed by atoms with Crippen LogP contribution < -0.4 is 5.32 Å². The van der Waals surface area contributed by atoms with Gasteiger partial charge in [0.1, 0.15) is 17.6 Å². The Hall–Kier alpha value is -0.910. The van der Waals surface area contributed by atoms with Gasteiger partial charge in [0.15, 0.2) is 5.82 Å². The number of methoxy groups -OCH3 is 1. The van der Waals surface area contributed by atoms with E-state index in [0.29, 0.717) is 23.4 Å². The predicted molar refractivity (Wildman–Crippen MR) is 71.8 cm³/mol. The van der Waals surface area contributed by atoms with Crippen molar-refractivity contribution in [2.75, 3.05) is 19.0 Å². The van der Waals surface area contributed by atoms with E-state index in [2.05, 4.69) is 15.3 Å². The average molecular weight is 274 g/mol. The lowest BCUT2D eigenvalue weighted by Crippen LogP contribution is -2.41. The first-order valence-electron chi connectivity index (χ1n) is 6.00. The van der Waals surface area contributed by atoms with Crippen molar-refractivity contribution >= 4 is 17.4 Å². The SMILES string of the molecule is CCC(CC)(CO)Nc1cc(Cl)nc(COC)n1. The molecule has 0 unspecified atom stereocenters. The summed E-state index contributed by atoms with van der Waals surface area (Å²) < 4.78 is 4.99. The summed E-state index contributed by atoms with van der Waals surface area (Å²) in [6, 6.07) is 1.65. The van der Waals surface area contributed by atoms with E-state index in [1.54, 1.807) is 13.2 Å². The molecule has 1 heterocycles. The summed E-state index contributed by atoms with van der Waals surface area (Å²) >= 11 is 5.93. The summed E-state index contributed by atoms with van der Waals surface area (Å²) in [4.78, 5) is 8.37. The Morgan fingerprint density at radius 1 is 1.39 bits per heavy atom. The Bertz CT molecular complexity index is 375. The van der Waals surface area contributed by atoms with E-state index < -0.39 is 0 Å². The molecule has 5 nitrogen and oxygen atoms in total. The molecule has 1 aromatic heterocycles. The molecule has 0 aliphatic heterocycles. The van der Waals surface area contributed by atoms with Crippen LogP contribution in [-0.4, -0.2) is 34.3 Å². The van der Waals surface area contributed by atoms with Crippen LogP contribution in [0.1, 0.15) is 32.5 Å². The number of aliphatic hydroxyl groups excluding tert-OH is 1. The molecule has 0 aromatic carbocycles. The second-order valence-electron chi connectivity index (χ2n) is 4.20. The van der Waals surface area contributed by atoms with Crippen LogP contribution in [-0.2, 0) is 11.3 Å².